The second-order valence-corrected chi connectivity index (χ2v) is 4.22. The fraction of sp³-hybridized carbons (Fsp3) is 0.182. The smallest absolute Gasteiger partial charge is 0.276 e. The summed E-state index contributed by atoms with van der Waals surface area (Å²) in [6.07, 6.45) is 0. The Morgan fingerprint density at radius 3 is 2.88 bits per heavy atom. The van der Waals surface area contributed by atoms with Crippen LogP contribution in [0.25, 0.3) is 0 Å². The van der Waals surface area contributed by atoms with Crippen LogP contribution in [0.15, 0.2) is 27.8 Å². The largest absolute Gasteiger partial charge is 0.416 e. The highest BCUT2D eigenvalue weighted by molar-refractivity contribution is 7.98. The molecule has 4 nitrogen and oxygen atoms in total. The van der Waals surface area contributed by atoms with Crippen molar-refractivity contribution in [1.82, 2.24) is 10.2 Å². The molecule has 0 atom stereocenters. The lowest BCUT2D eigenvalue weighted by atomic mass is 10.1. The summed E-state index contributed by atoms with van der Waals surface area (Å²) in [4.78, 5) is 0. The number of hydrogen-bond donors (Lipinski definition) is 0. The van der Waals surface area contributed by atoms with Gasteiger partial charge in [0.05, 0.1) is 11.6 Å². The summed E-state index contributed by atoms with van der Waals surface area (Å²) in [5, 5.41) is 16.5. The van der Waals surface area contributed by atoms with Crippen LogP contribution < -0.4 is 0 Å². The van der Waals surface area contributed by atoms with Gasteiger partial charge in [0, 0.05) is 12.7 Å². The van der Waals surface area contributed by atoms with E-state index in [1.54, 1.807) is 19.1 Å². The number of nitriles is 1. The summed E-state index contributed by atoms with van der Waals surface area (Å²) in [7, 11) is 0. The fourth-order valence-electron chi connectivity index (χ4n) is 1.21. The zero-order valence-corrected chi connectivity index (χ0v) is 9.79. The van der Waals surface area contributed by atoms with Gasteiger partial charge in [0.2, 0.25) is 5.89 Å². The molecule has 0 aliphatic heterocycles. The van der Waals surface area contributed by atoms with Crippen LogP contribution in [0.1, 0.15) is 17.0 Å². The molecule has 17 heavy (non-hydrogen) atoms. The van der Waals surface area contributed by atoms with E-state index in [1.807, 2.05) is 6.07 Å². The SMILES string of the molecule is Cc1nnc(SCc2ccc(C#N)cc2F)o1. The summed E-state index contributed by atoms with van der Waals surface area (Å²) in [5.41, 5.74) is 0.815. The summed E-state index contributed by atoms with van der Waals surface area (Å²) in [6.45, 7) is 1.69. The molecule has 0 amide bonds. The number of benzene rings is 1. The molecule has 1 heterocycles. The normalized spacial score (nSPS) is 10.2. The van der Waals surface area contributed by atoms with Gasteiger partial charge < -0.3 is 4.42 Å². The van der Waals surface area contributed by atoms with Crippen LogP contribution in [0, 0.1) is 24.1 Å². The Kier molecular flexibility index (Phi) is 3.40. The quantitative estimate of drug-likeness (QED) is 0.782. The maximum Gasteiger partial charge on any atom is 0.276 e. The number of halogens is 1. The summed E-state index contributed by atoms with van der Waals surface area (Å²) in [6, 6.07) is 6.27. The lowest BCUT2D eigenvalue weighted by Crippen LogP contribution is -1.89. The highest BCUT2D eigenvalue weighted by Crippen LogP contribution is 2.23. The van der Waals surface area contributed by atoms with Gasteiger partial charge in [0.25, 0.3) is 5.22 Å². The van der Waals surface area contributed by atoms with Gasteiger partial charge in [-0.25, -0.2) is 4.39 Å². The Morgan fingerprint density at radius 1 is 1.47 bits per heavy atom. The predicted molar refractivity (Wildman–Crippen MR) is 59.7 cm³/mol. The minimum Gasteiger partial charge on any atom is -0.416 e. The van der Waals surface area contributed by atoms with Crippen molar-refractivity contribution in [1.29, 1.82) is 5.26 Å². The maximum absolute atomic E-state index is 13.5. The number of nitrogens with zero attached hydrogens (tertiary/aromatic N) is 3. The van der Waals surface area contributed by atoms with Crippen LogP contribution in [-0.4, -0.2) is 10.2 Å². The van der Waals surface area contributed by atoms with Crippen molar-refractivity contribution in [3.8, 4) is 6.07 Å². The van der Waals surface area contributed by atoms with Crippen LogP contribution in [-0.2, 0) is 5.75 Å². The Labute approximate surface area is 101 Å². The molecule has 0 aliphatic rings. The first-order valence-electron chi connectivity index (χ1n) is 4.80. The highest BCUT2D eigenvalue weighted by atomic mass is 32.2. The second-order valence-electron chi connectivity index (χ2n) is 3.29. The molecule has 2 aromatic rings. The number of aromatic nitrogens is 2. The fourth-order valence-corrected chi connectivity index (χ4v) is 2.00. The summed E-state index contributed by atoms with van der Waals surface area (Å²) >= 11 is 1.26. The molecule has 0 bridgehead atoms. The number of rotatable bonds is 3. The minimum absolute atomic E-state index is 0.310. The molecule has 0 fully saturated rings. The van der Waals surface area contributed by atoms with Gasteiger partial charge in [-0.1, -0.05) is 17.8 Å². The standard InChI is InChI=1S/C11H8FN3OS/c1-7-14-15-11(16-7)17-6-9-3-2-8(5-13)4-10(9)12/h2-4H,6H2,1H3. The van der Waals surface area contributed by atoms with Crippen molar-refractivity contribution in [3.05, 3.63) is 41.0 Å². The van der Waals surface area contributed by atoms with E-state index >= 15 is 0 Å². The van der Waals surface area contributed by atoms with Crippen molar-refractivity contribution < 1.29 is 8.81 Å². The Bertz CT molecular complexity index is 576. The van der Waals surface area contributed by atoms with Gasteiger partial charge in [-0.15, -0.1) is 10.2 Å². The first-order valence-corrected chi connectivity index (χ1v) is 5.79. The van der Waals surface area contributed by atoms with E-state index in [4.69, 9.17) is 9.68 Å². The molecule has 6 heteroatoms. The molecular weight excluding hydrogens is 241 g/mol. The first-order chi connectivity index (χ1) is 8.19. The molecule has 0 N–H and O–H groups in total. The van der Waals surface area contributed by atoms with Crippen LogP contribution in [0.5, 0.6) is 0 Å². The molecule has 0 radical (unpaired) electrons. The summed E-state index contributed by atoms with van der Waals surface area (Å²) < 4.78 is 18.7. The van der Waals surface area contributed by atoms with E-state index in [-0.39, 0.29) is 0 Å². The molecule has 0 spiro atoms. The molecule has 1 aromatic heterocycles. The van der Waals surface area contributed by atoms with Crippen molar-refractivity contribution in [2.45, 2.75) is 17.9 Å². The van der Waals surface area contributed by atoms with Crippen LogP contribution in [0.3, 0.4) is 0 Å². The predicted octanol–water partition coefficient (Wildman–Crippen LogP) is 2.68. The van der Waals surface area contributed by atoms with Crippen LogP contribution in [0.2, 0.25) is 0 Å². The number of aryl methyl sites for hydroxylation is 1. The zero-order valence-electron chi connectivity index (χ0n) is 8.98. The van der Waals surface area contributed by atoms with Crippen molar-refractivity contribution >= 4 is 11.8 Å². The molecule has 0 unspecified atom stereocenters. The molecule has 86 valence electrons. The minimum atomic E-state index is -0.396. The third-order valence-electron chi connectivity index (χ3n) is 2.04. The number of thioether (sulfide) groups is 1. The van der Waals surface area contributed by atoms with Crippen LogP contribution in [0.4, 0.5) is 4.39 Å². The van der Waals surface area contributed by atoms with E-state index < -0.39 is 5.82 Å². The van der Waals surface area contributed by atoms with Crippen LogP contribution >= 0.6 is 11.8 Å². The monoisotopic (exact) mass is 249 g/mol. The molecule has 0 saturated heterocycles. The van der Waals surface area contributed by atoms with Gasteiger partial charge in [-0.05, 0) is 17.7 Å². The van der Waals surface area contributed by atoms with Crippen molar-refractivity contribution in [2.75, 3.05) is 0 Å². The Hall–Kier alpha value is -1.87. The first kappa shape index (κ1) is 11.6. The maximum atomic E-state index is 13.5. The Balaban J connectivity index is 2.07. The lowest BCUT2D eigenvalue weighted by molar-refractivity contribution is 0.429. The van der Waals surface area contributed by atoms with E-state index in [0.29, 0.717) is 28.0 Å². The third-order valence-corrected chi connectivity index (χ3v) is 2.91. The Morgan fingerprint density at radius 2 is 2.29 bits per heavy atom. The average molecular weight is 249 g/mol. The van der Waals surface area contributed by atoms with Gasteiger partial charge >= 0.3 is 0 Å². The molecule has 1 aromatic carbocycles. The third kappa shape index (κ3) is 2.82. The van der Waals surface area contributed by atoms with Gasteiger partial charge in [-0.3, -0.25) is 0 Å². The molecule has 0 aliphatic carbocycles. The van der Waals surface area contributed by atoms with Crippen molar-refractivity contribution in [3.63, 3.8) is 0 Å². The van der Waals surface area contributed by atoms with E-state index in [2.05, 4.69) is 10.2 Å². The van der Waals surface area contributed by atoms with E-state index in [0.717, 1.165) is 0 Å². The van der Waals surface area contributed by atoms with E-state index in [9.17, 15) is 4.39 Å². The average Bonchev–Trinajstić information content (AvgIpc) is 2.73. The van der Waals surface area contributed by atoms with Gasteiger partial charge in [0.15, 0.2) is 0 Å². The highest BCUT2D eigenvalue weighted by Gasteiger charge is 2.07. The second kappa shape index (κ2) is 4.97. The summed E-state index contributed by atoms with van der Waals surface area (Å²) in [5.74, 6) is 0.472. The van der Waals surface area contributed by atoms with Gasteiger partial charge in [-0.2, -0.15) is 5.26 Å². The van der Waals surface area contributed by atoms with Crippen molar-refractivity contribution in [2.24, 2.45) is 0 Å². The van der Waals surface area contributed by atoms with E-state index in [1.165, 1.54) is 17.8 Å². The topological polar surface area (TPSA) is 62.7 Å². The van der Waals surface area contributed by atoms with Gasteiger partial charge in [0.1, 0.15) is 5.82 Å². The molecule has 0 saturated carbocycles. The number of hydrogen-bond acceptors (Lipinski definition) is 5. The molecular formula is C11H8FN3OS. The lowest BCUT2D eigenvalue weighted by Gasteiger charge is -2.00. The molecule has 2 rings (SSSR count). The zero-order chi connectivity index (χ0) is 12.3.